The number of rotatable bonds is 2. The number of hydrogen-bond donors (Lipinski definition) is 1. The fourth-order valence-electron chi connectivity index (χ4n) is 2.02. The molecule has 2 rings (SSSR count). The van der Waals surface area contributed by atoms with Crippen LogP contribution in [0.5, 0.6) is 0 Å². The van der Waals surface area contributed by atoms with Crippen LogP contribution in [0.15, 0.2) is 29.4 Å². The SMILES string of the molecule is CC(=O)NC1=NN(C(C)=O)[C@@H](c2ccc(C(C)C)cc2)S1. The van der Waals surface area contributed by atoms with E-state index in [1.165, 1.54) is 36.2 Å². The lowest BCUT2D eigenvalue weighted by Gasteiger charge is -2.19. The molecule has 6 heteroatoms. The highest BCUT2D eigenvalue weighted by atomic mass is 32.2. The molecule has 21 heavy (non-hydrogen) atoms. The molecule has 0 spiro atoms. The zero-order valence-corrected chi connectivity index (χ0v) is 13.4. The Morgan fingerprint density at radius 3 is 2.33 bits per heavy atom. The van der Waals surface area contributed by atoms with Crippen molar-refractivity contribution in [2.75, 3.05) is 0 Å². The third-order valence-corrected chi connectivity index (χ3v) is 4.24. The van der Waals surface area contributed by atoms with E-state index in [0.717, 1.165) is 5.56 Å². The van der Waals surface area contributed by atoms with Crippen molar-refractivity contribution in [1.29, 1.82) is 0 Å². The van der Waals surface area contributed by atoms with E-state index in [-0.39, 0.29) is 17.2 Å². The van der Waals surface area contributed by atoms with Gasteiger partial charge in [-0.1, -0.05) is 49.9 Å². The first-order chi connectivity index (χ1) is 9.88. The summed E-state index contributed by atoms with van der Waals surface area (Å²) < 4.78 is 0. The summed E-state index contributed by atoms with van der Waals surface area (Å²) in [4.78, 5) is 22.9. The predicted molar refractivity (Wildman–Crippen MR) is 84.6 cm³/mol. The second kappa shape index (κ2) is 6.30. The first kappa shape index (κ1) is 15.6. The Bertz CT molecular complexity index is 581. The molecule has 5 nitrogen and oxygen atoms in total. The molecule has 0 aliphatic carbocycles. The average molecular weight is 305 g/mol. The number of nitrogens with zero attached hydrogens (tertiary/aromatic N) is 2. The fourth-order valence-corrected chi connectivity index (χ4v) is 3.16. The van der Waals surface area contributed by atoms with E-state index in [1.807, 2.05) is 12.1 Å². The number of thioether (sulfide) groups is 1. The molecule has 0 aromatic heterocycles. The molecule has 0 unspecified atom stereocenters. The Balaban J connectivity index is 2.22. The van der Waals surface area contributed by atoms with Gasteiger partial charge < -0.3 is 5.32 Å². The van der Waals surface area contributed by atoms with E-state index in [9.17, 15) is 9.59 Å². The Labute approximate surface area is 128 Å². The highest BCUT2D eigenvalue weighted by molar-refractivity contribution is 8.14. The minimum atomic E-state index is -0.231. The minimum absolute atomic E-state index is 0.152. The van der Waals surface area contributed by atoms with Crippen molar-refractivity contribution < 1.29 is 9.59 Å². The van der Waals surface area contributed by atoms with Crippen molar-refractivity contribution in [2.45, 2.75) is 39.0 Å². The summed E-state index contributed by atoms with van der Waals surface area (Å²) in [5.74, 6) is 0.117. The van der Waals surface area contributed by atoms with Gasteiger partial charge in [-0.25, -0.2) is 5.01 Å². The molecule has 1 atom stereocenters. The molecule has 1 aliphatic heterocycles. The van der Waals surface area contributed by atoms with Crippen LogP contribution in [-0.4, -0.2) is 22.0 Å². The molecule has 112 valence electrons. The molecule has 1 aliphatic rings. The monoisotopic (exact) mass is 305 g/mol. The summed E-state index contributed by atoms with van der Waals surface area (Å²) in [5, 5.41) is 8.44. The van der Waals surface area contributed by atoms with E-state index in [4.69, 9.17) is 0 Å². The van der Waals surface area contributed by atoms with Gasteiger partial charge in [0.25, 0.3) is 0 Å². The largest absolute Gasteiger partial charge is 0.304 e. The van der Waals surface area contributed by atoms with Gasteiger partial charge in [0.15, 0.2) is 5.17 Å². The fraction of sp³-hybridized carbons (Fsp3) is 0.400. The van der Waals surface area contributed by atoms with E-state index in [2.05, 4.69) is 36.4 Å². The minimum Gasteiger partial charge on any atom is -0.304 e. The number of carbonyl (C=O) groups excluding carboxylic acids is 2. The summed E-state index contributed by atoms with van der Waals surface area (Å²) in [6, 6.07) is 8.15. The molecule has 0 bridgehead atoms. The highest BCUT2D eigenvalue weighted by Crippen LogP contribution is 2.38. The maximum atomic E-state index is 11.7. The molecule has 2 amide bonds. The molecule has 0 radical (unpaired) electrons. The average Bonchev–Trinajstić information content (AvgIpc) is 2.82. The summed E-state index contributed by atoms with van der Waals surface area (Å²) in [7, 11) is 0. The number of amidine groups is 1. The maximum Gasteiger partial charge on any atom is 0.241 e. The second-order valence-electron chi connectivity index (χ2n) is 5.24. The summed E-state index contributed by atoms with van der Waals surface area (Å²) in [6.07, 6.45) is 0. The van der Waals surface area contributed by atoms with Crippen molar-refractivity contribution in [3.05, 3.63) is 35.4 Å². The molecular weight excluding hydrogens is 286 g/mol. The molecule has 1 N–H and O–H groups in total. The first-order valence-electron chi connectivity index (χ1n) is 6.81. The lowest BCUT2D eigenvalue weighted by atomic mass is 10.0. The van der Waals surface area contributed by atoms with Crippen LogP contribution in [0.4, 0.5) is 0 Å². The van der Waals surface area contributed by atoms with E-state index in [1.54, 1.807) is 0 Å². The van der Waals surface area contributed by atoms with Crippen LogP contribution in [0, 0.1) is 0 Å². The zero-order chi connectivity index (χ0) is 15.6. The number of amides is 2. The van der Waals surface area contributed by atoms with Crippen molar-refractivity contribution in [2.24, 2.45) is 5.10 Å². The Morgan fingerprint density at radius 1 is 1.24 bits per heavy atom. The molecule has 0 saturated carbocycles. The quantitative estimate of drug-likeness (QED) is 0.914. The van der Waals surface area contributed by atoms with Gasteiger partial charge in [-0.2, -0.15) is 0 Å². The summed E-state index contributed by atoms with van der Waals surface area (Å²) in [5.41, 5.74) is 2.24. The number of hydrogen-bond acceptors (Lipinski definition) is 4. The van der Waals surface area contributed by atoms with E-state index >= 15 is 0 Å². The molecule has 0 fully saturated rings. The van der Waals surface area contributed by atoms with Crippen molar-refractivity contribution in [1.82, 2.24) is 10.3 Å². The Morgan fingerprint density at radius 2 is 1.86 bits per heavy atom. The van der Waals surface area contributed by atoms with Gasteiger partial charge in [0.2, 0.25) is 11.8 Å². The van der Waals surface area contributed by atoms with Crippen LogP contribution in [0.25, 0.3) is 0 Å². The van der Waals surface area contributed by atoms with Gasteiger partial charge in [0, 0.05) is 13.8 Å². The van der Waals surface area contributed by atoms with Crippen molar-refractivity contribution >= 4 is 28.7 Å². The van der Waals surface area contributed by atoms with Crippen LogP contribution in [0.3, 0.4) is 0 Å². The Kier molecular flexibility index (Phi) is 4.67. The lowest BCUT2D eigenvalue weighted by Crippen LogP contribution is -2.25. The normalized spacial score (nSPS) is 17.9. The molecular formula is C15H19N3O2S. The molecule has 1 heterocycles. The smallest absolute Gasteiger partial charge is 0.241 e. The third kappa shape index (κ3) is 3.64. The van der Waals surface area contributed by atoms with Crippen LogP contribution in [0.2, 0.25) is 0 Å². The van der Waals surface area contributed by atoms with Crippen LogP contribution < -0.4 is 5.32 Å². The highest BCUT2D eigenvalue weighted by Gasteiger charge is 2.32. The summed E-state index contributed by atoms with van der Waals surface area (Å²) >= 11 is 1.37. The first-order valence-corrected chi connectivity index (χ1v) is 7.69. The van der Waals surface area contributed by atoms with Gasteiger partial charge in [-0.15, -0.1) is 5.10 Å². The van der Waals surface area contributed by atoms with Gasteiger partial charge in [-0.05, 0) is 17.0 Å². The predicted octanol–water partition coefficient (Wildman–Crippen LogP) is 2.81. The van der Waals surface area contributed by atoms with Crippen LogP contribution in [-0.2, 0) is 9.59 Å². The van der Waals surface area contributed by atoms with Crippen molar-refractivity contribution in [3.63, 3.8) is 0 Å². The molecule has 1 aromatic carbocycles. The summed E-state index contributed by atoms with van der Waals surface area (Å²) in [6.45, 7) is 7.17. The second-order valence-corrected chi connectivity index (χ2v) is 6.31. The standard InChI is InChI=1S/C15H19N3O2S/c1-9(2)12-5-7-13(8-6-12)14-18(11(4)20)17-15(21-14)16-10(3)19/h5-9,14H,1-4H3,(H,16,17,19)/t14-/m1/s1. The number of carbonyl (C=O) groups is 2. The number of nitrogens with one attached hydrogen (secondary N) is 1. The zero-order valence-electron chi connectivity index (χ0n) is 12.6. The van der Waals surface area contributed by atoms with Crippen LogP contribution in [0.1, 0.15) is 50.1 Å². The van der Waals surface area contributed by atoms with Crippen molar-refractivity contribution in [3.8, 4) is 0 Å². The number of hydrazone groups is 1. The molecule has 1 aromatic rings. The van der Waals surface area contributed by atoms with Gasteiger partial charge >= 0.3 is 0 Å². The third-order valence-electron chi connectivity index (χ3n) is 3.14. The Hall–Kier alpha value is -1.82. The topological polar surface area (TPSA) is 61.8 Å². The van der Waals surface area contributed by atoms with Gasteiger partial charge in [-0.3, -0.25) is 9.59 Å². The van der Waals surface area contributed by atoms with Crippen LogP contribution >= 0.6 is 11.8 Å². The maximum absolute atomic E-state index is 11.7. The van der Waals surface area contributed by atoms with E-state index in [0.29, 0.717) is 11.1 Å². The van der Waals surface area contributed by atoms with E-state index < -0.39 is 0 Å². The lowest BCUT2D eigenvalue weighted by molar-refractivity contribution is -0.129. The van der Waals surface area contributed by atoms with Gasteiger partial charge in [0.1, 0.15) is 5.37 Å². The molecule has 0 saturated heterocycles. The number of benzene rings is 1. The van der Waals surface area contributed by atoms with Gasteiger partial charge in [0.05, 0.1) is 0 Å².